The van der Waals surface area contributed by atoms with Gasteiger partial charge in [-0.05, 0) is 30.2 Å². The third-order valence-corrected chi connectivity index (χ3v) is 4.32. The summed E-state index contributed by atoms with van der Waals surface area (Å²) in [5, 5.41) is 3.12. The van der Waals surface area contributed by atoms with Gasteiger partial charge in [0.05, 0.1) is 5.56 Å². The summed E-state index contributed by atoms with van der Waals surface area (Å²) >= 11 is 6.02. The van der Waals surface area contributed by atoms with Crippen LogP contribution in [0.1, 0.15) is 30.0 Å². The minimum absolute atomic E-state index is 0. The van der Waals surface area contributed by atoms with Crippen molar-refractivity contribution >= 4 is 24.0 Å². The number of benzene rings is 1. The van der Waals surface area contributed by atoms with Gasteiger partial charge in [0.15, 0.2) is 0 Å². The van der Waals surface area contributed by atoms with Gasteiger partial charge in [0.1, 0.15) is 0 Å². The van der Waals surface area contributed by atoms with Crippen LogP contribution in [0.15, 0.2) is 18.2 Å². The van der Waals surface area contributed by atoms with Crippen LogP contribution in [0.5, 0.6) is 0 Å². The van der Waals surface area contributed by atoms with Gasteiger partial charge < -0.3 is 5.32 Å². The second-order valence-electron chi connectivity index (χ2n) is 5.69. The van der Waals surface area contributed by atoms with E-state index in [-0.39, 0.29) is 29.4 Å². The Morgan fingerprint density at radius 2 is 1.68 bits per heavy atom. The van der Waals surface area contributed by atoms with Crippen molar-refractivity contribution in [2.45, 2.75) is 31.2 Å². The number of piperazine rings is 1. The molecule has 1 aromatic carbocycles. The van der Waals surface area contributed by atoms with Gasteiger partial charge in [0.2, 0.25) is 0 Å². The van der Waals surface area contributed by atoms with E-state index in [1.165, 1.54) is 0 Å². The predicted molar refractivity (Wildman–Crippen MR) is 86.2 cm³/mol. The fourth-order valence-corrected chi connectivity index (χ4v) is 3.05. The molecule has 2 nitrogen and oxygen atoms in total. The summed E-state index contributed by atoms with van der Waals surface area (Å²) in [5.41, 5.74) is -0.813. The summed E-state index contributed by atoms with van der Waals surface area (Å²) in [5.74, 6) is 0. The molecule has 1 fully saturated rings. The van der Waals surface area contributed by atoms with Gasteiger partial charge >= 0.3 is 12.4 Å². The zero-order valence-corrected chi connectivity index (χ0v) is 14.6. The van der Waals surface area contributed by atoms with Crippen LogP contribution in [0.3, 0.4) is 0 Å². The van der Waals surface area contributed by atoms with E-state index in [9.17, 15) is 26.3 Å². The number of halogens is 8. The highest BCUT2D eigenvalue weighted by Gasteiger charge is 2.35. The van der Waals surface area contributed by atoms with Gasteiger partial charge in [0.25, 0.3) is 0 Å². The lowest BCUT2D eigenvalue weighted by atomic mass is 9.97. The standard InChI is InChI=1S/C15H17ClF6N2.ClH/c16-12-2-1-10(15(20,21)22)9-11(12)13(3-4-14(17,18)19)24-7-5-23-6-8-24;/h1-2,9,13,23H,3-8H2;1H/t13-;/m0./s1. The molecule has 1 saturated heterocycles. The topological polar surface area (TPSA) is 15.3 Å². The number of hydrogen-bond donors (Lipinski definition) is 1. The third kappa shape index (κ3) is 6.51. The number of alkyl halides is 6. The molecule has 0 aliphatic carbocycles. The van der Waals surface area contributed by atoms with E-state index in [0.29, 0.717) is 26.2 Å². The molecule has 0 radical (unpaired) electrons. The van der Waals surface area contributed by atoms with Crippen molar-refractivity contribution < 1.29 is 26.3 Å². The molecular formula is C15H18Cl2F6N2. The van der Waals surface area contributed by atoms with Crippen molar-refractivity contribution in [2.24, 2.45) is 0 Å². The van der Waals surface area contributed by atoms with Gasteiger partial charge in [-0.1, -0.05) is 11.6 Å². The highest BCUT2D eigenvalue weighted by molar-refractivity contribution is 6.31. The molecule has 0 aromatic heterocycles. The van der Waals surface area contributed by atoms with E-state index in [1.54, 1.807) is 4.90 Å². The maximum absolute atomic E-state index is 12.9. The van der Waals surface area contributed by atoms with Crippen LogP contribution in [0.2, 0.25) is 5.02 Å². The number of nitrogens with zero attached hydrogens (tertiary/aromatic N) is 1. The second-order valence-corrected chi connectivity index (χ2v) is 6.10. The first-order chi connectivity index (χ1) is 11.1. The van der Waals surface area contributed by atoms with Gasteiger partial charge in [-0.2, -0.15) is 26.3 Å². The van der Waals surface area contributed by atoms with Gasteiger partial charge in [0, 0.05) is 43.7 Å². The van der Waals surface area contributed by atoms with Gasteiger partial charge in [-0.25, -0.2) is 0 Å². The summed E-state index contributed by atoms with van der Waals surface area (Å²) in [7, 11) is 0. The number of rotatable bonds is 4. The second kappa shape index (κ2) is 8.79. The fraction of sp³-hybridized carbons (Fsp3) is 0.600. The fourth-order valence-electron chi connectivity index (χ4n) is 2.80. The van der Waals surface area contributed by atoms with Crippen molar-refractivity contribution in [1.82, 2.24) is 10.2 Å². The molecule has 0 unspecified atom stereocenters. The Morgan fingerprint density at radius 1 is 1.08 bits per heavy atom. The quantitative estimate of drug-likeness (QED) is 0.697. The number of hydrogen-bond acceptors (Lipinski definition) is 2. The average Bonchev–Trinajstić information content (AvgIpc) is 2.48. The Labute approximate surface area is 152 Å². The Kier molecular flexibility index (Phi) is 7.86. The highest BCUT2D eigenvalue weighted by Crippen LogP contribution is 2.38. The van der Waals surface area contributed by atoms with Crippen molar-refractivity contribution in [3.63, 3.8) is 0 Å². The van der Waals surface area contributed by atoms with E-state index < -0.39 is 30.4 Å². The molecule has 1 aliphatic heterocycles. The van der Waals surface area contributed by atoms with Crippen molar-refractivity contribution in [3.05, 3.63) is 34.3 Å². The van der Waals surface area contributed by atoms with E-state index in [1.807, 2.05) is 0 Å². The maximum Gasteiger partial charge on any atom is 0.416 e. The van der Waals surface area contributed by atoms with E-state index in [0.717, 1.165) is 18.2 Å². The maximum atomic E-state index is 12.9. The summed E-state index contributed by atoms with van der Waals surface area (Å²) in [6, 6.07) is 2.00. The molecule has 10 heteroatoms. The van der Waals surface area contributed by atoms with Crippen molar-refractivity contribution in [2.75, 3.05) is 26.2 Å². The first kappa shape index (κ1) is 22.3. The molecule has 1 heterocycles. The molecule has 0 bridgehead atoms. The molecule has 144 valence electrons. The van der Waals surface area contributed by atoms with Crippen molar-refractivity contribution in [1.29, 1.82) is 0 Å². The Morgan fingerprint density at radius 3 is 2.20 bits per heavy atom. The van der Waals surface area contributed by atoms with Crippen LogP contribution in [-0.4, -0.2) is 37.3 Å². The van der Waals surface area contributed by atoms with Crippen LogP contribution in [0.4, 0.5) is 26.3 Å². The van der Waals surface area contributed by atoms with E-state index >= 15 is 0 Å². The monoisotopic (exact) mass is 410 g/mol. The lowest BCUT2D eigenvalue weighted by molar-refractivity contribution is -0.140. The molecule has 1 N–H and O–H groups in total. The van der Waals surface area contributed by atoms with E-state index in [2.05, 4.69) is 5.32 Å². The van der Waals surface area contributed by atoms with E-state index in [4.69, 9.17) is 11.6 Å². The molecule has 0 amide bonds. The average molecular weight is 411 g/mol. The largest absolute Gasteiger partial charge is 0.416 e. The summed E-state index contributed by atoms with van der Waals surface area (Å²) < 4.78 is 76.7. The van der Waals surface area contributed by atoms with Crippen LogP contribution < -0.4 is 5.32 Å². The SMILES string of the molecule is Cl.FC(F)(F)CC[C@@H](c1cc(C(F)(F)F)ccc1Cl)N1CCNCC1. The first-order valence-electron chi connectivity index (χ1n) is 7.46. The molecule has 1 atom stereocenters. The van der Waals surface area contributed by atoms with Crippen LogP contribution in [-0.2, 0) is 6.18 Å². The third-order valence-electron chi connectivity index (χ3n) is 3.98. The van der Waals surface area contributed by atoms with Gasteiger partial charge in [-0.15, -0.1) is 12.4 Å². The minimum Gasteiger partial charge on any atom is -0.314 e. The lowest BCUT2D eigenvalue weighted by Gasteiger charge is -2.36. The predicted octanol–water partition coefficient (Wildman–Crippen LogP) is 5.07. The summed E-state index contributed by atoms with van der Waals surface area (Å²) in [6.07, 6.45) is -10.4. The normalized spacial score (nSPS) is 17.9. The van der Waals surface area contributed by atoms with Crippen LogP contribution in [0, 0.1) is 0 Å². The Balaban J connectivity index is 0.00000312. The molecule has 0 saturated carbocycles. The zero-order valence-electron chi connectivity index (χ0n) is 13.1. The molecular weight excluding hydrogens is 393 g/mol. The Hall–Kier alpha value is -0.700. The van der Waals surface area contributed by atoms with Gasteiger partial charge in [-0.3, -0.25) is 4.90 Å². The lowest BCUT2D eigenvalue weighted by Crippen LogP contribution is -2.45. The number of nitrogens with one attached hydrogen (secondary N) is 1. The molecule has 2 rings (SSSR count). The first-order valence-corrected chi connectivity index (χ1v) is 7.84. The molecule has 1 aromatic rings. The van der Waals surface area contributed by atoms with Crippen LogP contribution >= 0.6 is 24.0 Å². The smallest absolute Gasteiger partial charge is 0.314 e. The summed E-state index contributed by atoms with van der Waals surface area (Å²) in [6.45, 7) is 2.04. The molecule has 0 spiro atoms. The minimum atomic E-state index is -4.57. The Bertz CT molecular complexity index is 556. The van der Waals surface area contributed by atoms with Crippen molar-refractivity contribution in [3.8, 4) is 0 Å². The van der Waals surface area contributed by atoms with Crippen LogP contribution in [0.25, 0.3) is 0 Å². The highest BCUT2D eigenvalue weighted by atomic mass is 35.5. The zero-order chi connectivity index (χ0) is 18.0. The molecule has 25 heavy (non-hydrogen) atoms. The summed E-state index contributed by atoms with van der Waals surface area (Å²) in [4.78, 5) is 1.75. The molecule has 1 aliphatic rings.